The summed E-state index contributed by atoms with van der Waals surface area (Å²) in [5.41, 5.74) is 2.98. The summed E-state index contributed by atoms with van der Waals surface area (Å²) in [6.07, 6.45) is 8.08. The molecule has 0 amide bonds. The minimum absolute atomic E-state index is 0.713. The second-order valence-electron chi connectivity index (χ2n) is 6.63. The molecule has 0 N–H and O–H groups in total. The Kier molecular flexibility index (Phi) is 4.94. The fraction of sp³-hybridized carbons (Fsp3) is 0.526. The summed E-state index contributed by atoms with van der Waals surface area (Å²) in [4.78, 5) is 9.44. The number of nitrogens with zero attached hydrogens (tertiary/aromatic N) is 3. The van der Waals surface area contributed by atoms with Crippen LogP contribution >= 0.6 is 0 Å². The Morgan fingerprint density at radius 2 is 2.09 bits per heavy atom. The number of rotatable bonds is 4. The summed E-state index contributed by atoms with van der Waals surface area (Å²) >= 11 is 0. The standard InChI is InChI=1S/C19H27N3/c1-16(2)18-8-6-17(7-9-18)15-21-11-13-22(14-12-21)19-5-3-4-10-20-19/h3-6,10,18H,1,7-9,11-15H2,2H3/t18-/m0/s1. The van der Waals surface area contributed by atoms with Gasteiger partial charge in [0.2, 0.25) is 0 Å². The van der Waals surface area contributed by atoms with Crippen molar-refractivity contribution in [3.63, 3.8) is 0 Å². The maximum Gasteiger partial charge on any atom is 0.128 e. The van der Waals surface area contributed by atoms with E-state index in [0.717, 1.165) is 38.5 Å². The first-order chi connectivity index (χ1) is 10.7. The molecule has 0 spiro atoms. The Balaban J connectivity index is 1.48. The third kappa shape index (κ3) is 3.77. The van der Waals surface area contributed by atoms with Gasteiger partial charge in [0, 0.05) is 38.9 Å². The number of aromatic nitrogens is 1. The van der Waals surface area contributed by atoms with E-state index in [9.17, 15) is 0 Å². The zero-order valence-electron chi connectivity index (χ0n) is 13.7. The van der Waals surface area contributed by atoms with Crippen LogP contribution in [0.15, 0.2) is 48.2 Å². The fourth-order valence-electron chi connectivity index (χ4n) is 3.44. The van der Waals surface area contributed by atoms with Gasteiger partial charge < -0.3 is 4.90 Å². The molecule has 1 aliphatic carbocycles. The van der Waals surface area contributed by atoms with Gasteiger partial charge in [-0.15, -0.1) is 0 Å². The van der Waals surface area contributed by atoms with Crippen molar-refractivity contribution >= 4 is 5.82 Å². The average Bonchev–Trinajstić information content (AvgIpc) is 2.57. The van der Waals surface area contributed by atoms with Crippen LogP contribution in [0.3, 0.4) is 0 Å². The highest BCUT2D eigenvalue weighted by molar-refractivity contribution is 5.38. The molecule has 3 rings (SSSR count). The van der Waals surface area contributed by atoms with E-state index in [2.05, 4.69) is 46.5 Å². The highest BCUT2D eigenvalue weighted by Gasteiger charge is 2.20. The summed E-state index contributed by atoms with van der Waals surface area (Å²) in [5.74, 6) is 1.83. The van der Waals surface area contributed by atoms with Crippen LogP contribution in [0.1, 0.15) is 26.2 Å². The van der Waals surface area contributed by atoms with Gasteiger partial charge in [-0.3, -0.25) is 4.90 Å². The fourth-order valence-corrected chi connectivity index (χ4v) is 3.44. The largest absolute Gasteiger partial charge is 0.354 e. The summed E-state index contributed by atoms with van der Waals surface area (Å²) in [6.45, 7) is 11.9. The molecule has 0 bridgehead atoms. The molecule has 3 heteroatoms. The Hall–Kier alpha value is -1.61. The van der Waals surface area contributed by atoms with E-state index in [-0.39, 0.29) is 0 Å². The Labute approximate surface area is 134 Å². The van der Waals surface area contributed by atoms with Crippen molar-refractivity contribution in [1.29, 1.82) is 0 Å². The monoisotopic (exact) mass is 297 g/mol. The molecular formula is C19H27N3. The number of pyridine rings is 1. The molecule has 0 unspecified atom stereocenters. The number of allylic oxidation sites excluding steroid dienone is 2. The van der Waals surface area contributed by atoms with Crippen molar-refractivity contribution in [2.75, 3.05) is 37.6 Å². The molecule has 2 aliphatic rings. The van der Waals surface area contributed by atoms with Gasteiger partial charge in [0.15, 0.2) is 0 Å². The lowest BCUT2D eigenvalue weighted by atomic mass is 9.85. The lowest BCUT2D eigenvalue weighted by Crippen LogP contribution is -2.47. The third-order valence-corrected chi connectivity index (χ3v) is 4.97. The minimum Gasteiger partial charge on any atom is -0.354 e. The molecule has 3 nitrogen and oxygen atoms in total. The number of anilines is 1. The lowest BCUT2D eigenvalue weighted by Gasteiger charge is -2.36. The minimum atomic E-state index is 0.713. The smallest absolute Gasteiger partial charge is 0.128 e. The molecule has 118 valence electrons. The van der Waals surface area contributed by atoms with Gasteiger partial charge in [0.1, 0.15) is 5.82 Å². The van der Waals surface area contributed by atoms with Gasteiger partial charge in [0.05, 0.1) is 0 Å². The van der Waals surface area contributed by atoms with E-state index >= 15 is 0 Å². The van der Waals surface area contributed by atoms with Gasteiger partial charge in [-0.05, 0) is 44.2 Å². The molecule has 1 aromatic heterocycles. The quantitative estimate of drug-likeness (QED) is 0.793. The van der Waals surface area contributed by atoms with Crippen LogP contribution in [0.4, 0.5) is 5.82 Å². The average molecular weight is 297 g/mol. The summed E-state index contributed by atoms with van der Waals surface area (Å²) < 4.78 is 0. The van der Waals surface area contributed by atoms with E-state index in [1.54, 1.807) is 5.57 Å². The first-order valence-corrected chi connectivity index (χ1v) is 8.44. The maximum absolute atomic E-state index is 4.46. The zero-order valence-corrected chi connectivity index (χ0v) is 13.7. The topological polar surface area (TPSA) is 19.4 Å². The van der Waals surface area contributed by atoms with Gasteiger partial charge >= 0.3 is 0 Å². The van der Waals surface area contributed by atoms with Crippen molar-refractivity contribution in [2.45, 2.75) is 26.2 Å². The predicted molar refractivity (Wildman–Crippen MR) is 93.1 cm³/mol. The second kappa shape index (κ2) is 7.10. The molecule has 1 aromatic rings. The molecule has 22 heavy (non-hydrogen) atoms. The van der Waals surface area contributed by atoms with Gasteiger partial charge in [0.25, 0.3) is 0 Å². The molecule has 1 aliphatic heterocycles. The van der Waals surface area contributed by atoms with E-state index in [0.29, 0.717) is 5.92 Å². The van der Waals surface area contributed by atoms with E-state index in [4.69, 9.17) is 0 Å². The lowest BCUT2D eigenvalue weighted by molar-refractivity contribution is 0.272. The van der Waals surface area contributed by atoms with E-state index in [1.807, 2.05) is 12.3 Å². The predicted octanol–water partition coefficient (Wildman–Crippen LogP) is 3.51. The van der Waals surface area contributed by atoms with Crippen LogP contribution in [0.25, 0.3) is 0 Å². The molecule has 1 atom stereocenters. The molecule has 0 saturated carbocycles. The van der Waals surface area contributed by atoms with Gasteiger partial charge in [-0.1, -0.05) is 29.9 Å². The molecule has 0 radical (unpaired) electrons. The first-order valence-electron chi connectivity index (χ1n) is 8.44. The van der Waals surface area contributed by atoms with Crippen LogP contribution in [-0.4, -0.2) is 42.6 Å². The third-order valence-electron chi connectivity index (χ3n) is 4.97. The molecule has 1 saturated heterocycles. The first kappa shape index (κ1) is 15.3. The van der Waals surface area contributed by atoms with Crippen molar-refractivity contribution in [3.05, 3.63) is 48.2 Å². The highest BCUT2D eigenvalue weighted by atomic mass is 15.3. The van der Waals surface area contributed by atoms with Crippen molar-refractivity contribution in [1.82, 2.24) is 9.88 Å². The van der Waals surface area contributed by atoms with Crippen LogP contribution < -0.4 is 4.90 Å². The van der Waals surface area contributed by atoms with Crippen LogP contribution in [0, 0.1) is 5.92 Å². The second-order valence-corrected chi connectivity index (χ2v) is 6.63. The maximum atomic E-state index is 4.46. The number of hydrogen-bond acceptors (Lipinski definition) is 3. The van der Waals surface area contributed by atoms with Crippen LogP contribution in [-0.2, 0) is 0 Å². The zero-order chi connectivity index (χ0) is 15.4. The molecular weight excluding hydrogens is 270 g/mol. The van der Waals surface area contributed by atoms with E-state index < -0.39 is 0 Å². The van der Waals surface area contributed by atoms with Crippen molar-refractivity contribution in [2.24, 2.45) is 5.92 Å². The molecule has 0 aromatic carbocycles. The van der Waals surface area contributed by atoms with Gasteiger partial charge in [-0.2, -0.15) is 0 Å². The summed E-state index contributed by atoms with van der Waals surface area (Å²) in [5, 5.41) is 0. The molecule has 2 heterocycles. The van der Waals surface area contributed by atoms with Crippen molar-refractivity contribution < 1.29 is 0 Å². The SMILES string of the molecule is C=C(C)[C@H]1CC=C(CN2CCN(c3ccccn3)CC2)CC1. The van der Waals surface area contributed by atoms with Crippen molar-refractivity contribution in [3.8, 4) is 0 Å². The normalized spacial score (nSPS) is 23.2. The Morgan fingerprint density at radius 3 is 2.68 bits per heavy atom. The van der Waals surface area contributed by atoms with Crippen LogP contribution in [0.5, 0.6) is 0 Å². The Morgan fingerprint density at radius 1 is 1.27 bits per heavy atom. The number of hydrogen-bond donors (Lipinski definition) is 0. The molecule has 1 fully saturated rings. The van der Waals surface area contributed by atoms with E-state index in [1.165, 1.54) is 24.8 Å². The van der Waals surface area contributed by atoms with Gasteiger partial charge in [-0.25, -0.2) is 4.98 Å². The van der Waals surface area contributed by atoms with Crippen LogP contribution in [0.2, 0.25) is 0 Å². The summed E-state index contributed by atoms with van der Waals surface area (Å²) in [6, 6.07) is 6.16. The highest BCUT2D eigenvalue weighted by Crippen LogP contribution is 2.28. The number of piperazine rings is 1. The Bertz CT molecular complexity index is 527. The summed E-state index contributed by atoms with van der Waals surface area (Å²) in [7, 11) is 0.